The van der Waals surface area contributed by atoms with Crippen LogP contribution in [0.1, 0.15) is 65.2 Å². The fourth-order valence-corrected chi connectivity index (χ4v) is 2.20. The molecule has 4 nitrogen and oxygen atoms in total. The smallest absolute Gasteiger partial charge is 0.264 e. The fourth-order valence-electron chi connectivity index (χ4n) is 1.79. The van der Waals surface area contributed by atoms with Crippen LogP contribution in [0.5, 0.6) is 0 Å². The Bertz CT molecular complexity index is 247. The first-order valence-electron chi connectivity index (χ1n) is 7.01. The van der Waals surface area contributed by atoms with Gasteiger partial charge in [0.05, 0.1) is 0 Å². The van der Waals surface area contributed by atoms with Crippen LogP contribution in [-0.2, 0) is 10.4 Å². The second kappa shape index (κ2) is 14.3. The summed E-state index contributed by atoms with van der Waals surface area (Å²) in [6.45, 7) is 4.71. The van der Waals surface area contributed by atoms with Gasteiger partial charge in [-0.1, -0.05) is 0 Å². The van der Waals surface area contributed by atoms with Crippen molar-refractivity contribution in [2.45, 2.75) is 68.9 Å². The van der Waals surface area contributed by atoms with Crippen molar-refractivity contribution in [3.8, 4) is 0 Å². The maximum absolute atomic E-state index is 8.74. The molecule has 2 N–H and O–H groups in total. The van der Waals surface area contributed by atoms with E-state index in [9.17, 15) is 0 Å². The Morgan fingerprint density at radius 1 is 1.00 bits per heavy atom. The van der Waals surface area contributed by atoms with Crippen LogP contribution >= 0.6 is 0 Å². The molecule has 18 heavy (non-hydrogen) atoms. The molecule has 0 rings (SSSR count). The van der Waals surface area contributed by atoms with Gasteiger partial charge in [-0.15, -0.1) is 0 Å². The summed E-state index contributed by atoms with van der Waals surface area (Å²) < 4.78 is 33.1. The van der Waals surface area contributed by atoms with Gasteiger partial charge >= 0.3 is 113 Å². The zero-order valence-corrected chi connectivity index (χ0v) is 14.9. The van der Waals surface area contributed by atoms with E-state index >= 15 is 0 Å². The molecule has 0 aromatic heterocycles. The Kier molecular flexibility index (Phi) is 16.8. The summed E-state index contributed by atoms with van der Waals surface area (Å²) in [6, 6.07) is 0. The molecule has 0 bridgehead atoms. The molecule has 0 heterocycles. The molecule has 0 aliphatic carbocycles. The van der Waals surface area contributed by atoms with Crippen molar-refractivity contribution in [3.05, 3.63) is 0 Å². The largest absolute Gasteiger partial charge is 0.394 e. The minimum absolute atomic E-state index is 0.996. The fraction of sp³-hybridized carbons (Fsp3) is 1.00. The first-order valence-corrected chi connectivity index (χ1v) is 9.82. The molecule has 0 aromatic carbocycles. The molecule has 0 fully saturated rings. The van der Waals surface area contributed by atoms with Crippen molar-refractivity contribution >= 4 is 38.3 Å². The normalized spacial score (nSPS) is 12.8. The summed E-state index contributed by atoms with van der Waals surface area (Å²) in [6.07, 6.45) is 11.7. The molecular formula is C12H27NaO4S. The molecule has 6 heteroatoms. The second-order valence-corrected chi connectivity index (χ2v) is 6.79. The van der Waals surface area contributed by atoms with Crippen LogP contribution in [0, 0.1) is 5.92 Å². The van der Waals surface area contributed by atoms with Crippen LogP contribution < -0.4 is 0 Å². The third-order valence-electron chi connectivity index (χ3n) is 2.85. The molecular weight excluding hydrogens is 263 g/mol. The summed E-state index contributed by atoms with van der Waals surface area (Å²) in [5.74, 6) is 0.996. The molecule has 0 radical (unpaired) electrons. The molecule has 0 aliphatic rings. The Morgan fingerprint density at radius 2 is 1.44 bits per heavy atom. The summed E-state index contributed by atoms with van der Waals surface area (Å²) in [7, 11) is -4.67. The van der Waals surface area contributed by atoms with Gasteiger partial charge in [0.1, 0.15) is 0 Å². The van der Waals surface area contributed by atoms with Crippen molar-refractivity contribution in [2.24, 2.45) is 5.92 Å². The molecule has 0 saturated carbocycles. The molecule has 0 amide bonds. The maximum Gasteiger partial charge on any atom is 0.394 e. The van der Waals surface area contributed by atoms with E-state index in [2.05, 4.69) is 13.8 Å². The Hall–Kier alpha value is 0.870. The van der Waals surface area contributed by atoms with E-state index in [0.29, 0.717) is 0 Å². The minimum Gasteiger partial charge on any atom is -0.264 e. The van der Waals surface area contributed by atoms with Gasteiger partial charge in [0.2, 0.25) is 0 Å². The Labute approximate surface area is 130 Å². The van der Waals surface area contributed by atoms with E-state index in [1.165, 1.54) is 83.0 Å². The number of hydrogen-bond acceptors (Lipinski definition) is 2. The van der Waals surface area contributed by atoms with Gasteiger partial charge in [0, 0.05) is 0 Å². The molecule has 0 spiro atoms. The van der Waals surface area contributed by atoms with Crippen molar-refractivity contribution in [3.63, 3.8) is 0 Å². The van der Waals surface area contributed by atoms with Crippen LogP contribution in [0.2, 0.25) is 3.67 Å². The number of hydrogen-bond donors (Lipinski definition) is 2. The summed E-state index contributed by atoms with van der Waals surface area (Å²) in [5.41, 5.74) is 0. The zero-order valence-electron chi connectivity index (χ0n) is 12.1. The van der Waals surface area contributed by atoms with Crippen LogP contribution in [0.4, 0.5) is 0 Å². The predicted octanol–water partition coefficient (Wildman–Crippen LogP) is 3.70. The molecule has 106 valence electrons. The maximum atomic E-state index is 8.74. The SMILES string of the molecule is CCCCCCCC(C)CC[CH2][Na].O=S(=O)(O)O. The molecule has 0 aliphatic heterocycles. The first kappa shape index (κ1) is 21.2. The first-order chi connectivity index (χ1) is 8.31. The zero-order chi connectivity index (χ0) is 14.4. The van der Waals surface area contributed by atoms with Gasteiger partial charge in [0.25, 0.3) is 0 Å². The molecule has 1 atom stereocenters. The van der Waals surface area contributed by atoms with Gasteiger partial charge < -0.3 is 0 Å². The predicted molar refractivity (Wildman–Crippen MR) is 76.5 cm³/mol. The second-order valence-electron chi connectivity index (χ2n) is 4.90. The summed E-state index contributed by atoms with van der Waals surface area (Å²) in [4.78, 5) is 0. The van der Waals surface area contributed by atoms with Crippen molar-refractivity contribution < 1.29 is 17.5 Å². The van der Waals surface area contributed by atoms with Gasteiger partial charge in [0.15, 0.2) is 0 Å². The van der Waals surface area contributed by atoms with E-state index < -0.39 is 10.4 Å². The third-order valence-corrected chi connectivity index (χ3v) is 3.56. The van der Waals surface area contributed by atoms with Gasteiger partial charge in [-0.05, 0) is 0 Å². The minimum atomic E-state index is -4.67. The van der Waals surface area contributed by atoms with E-state index in [-0.39, 0.29) is 0 Å². The monoisotopic (exact) mass is 290 g/mol. The van der Waals surface area contributed by atoms with Crippen LogP contribution in [-0.4, -0.2) is 45.5 Å². The van der Waals surface area contributed by atoms with Gasteiger partial charge in [-0.3, -0.25) is 9.11 Å². The topological polar surface area (TPSA) is 74.6 Å². The number of rotatable bonds is 9. The van der Waals surface area contributed by atoms with E-state index in [1.54, 1.807) is 0 Å². The Balaban J connectivity index is 0. The number of unbranched alkanes of at least 4 members (excludes halogenated alkanes) is 4. The quantitative estimate of drug-likeness (QED) is 0.386. The van der Waals surface area contributed by atoms with E-state index in [1.807, 2.05) is 0 Å². The van der Waals surface area contributed by atoms with Crippen LogP contribution in [0.3, 0.4) is 0 Å². The molecule has 0 saturated heterocycles. The average Bonchev–Trinajstić information content (AvgIpc) is 2.24. The third kappa shape index (κ3) is 30.2. The van der Waals surface area contributed by atoms with Crippen molar-refractivity contribution in [2.75, 3.05) is 0 Å². The average molecular weight is 290 g/mol. The van der Waals surface area contributed by atoms with Crippen molar-refractivity contribution in [1.82, 2.24) is 0 Å². The van der Waals surface area contributed by atoms with Crippen molar-refractivity contribution in [1.29, 1.82) is 0 Å². The summed E-state index contributed by atoms with van der Waals surface area (Å²) in [5, 5.41) is 0. The summed E-state index contributed by atoms with van der Waals surface area (Å²) >= 11 is 1.40. The van der Waals surface area contributed by atoms with Gasteiger partial charge in [-0.25, -0.2) is 0 Å². The Morgan fingerprint density at radius 3 is 1.89 bits per heavy atom. The van der Waals surface area contributed by atoms with Crippen LogP contribution in [0.15, 0.2) is 0 Å². The van der Waals surface area contributed by atoms with Crippen LogP contribution in [0.25, 0.3) is 0 Å². The standard InChI is InChI=1S/C12H25.Na.H2O4S/c1-4-6-7-8-9-11-12(3)10-5-2;;1-5(2,3)4/h12H,2,4-11H2,1,3H3;;(H2,1,2,3,4). The molecule has 1 unspecified atom stereocenters. The van der Waals surface area contributed by atoms with E-state index in [4.69, 9.17) is 17.5 Å². The molecule has 0 aromatic rings. The van der Waals surface area contributed by atoms with Gasteiger partial charge in [-0.2, -0.15) is 8.42 Å². The van der Waals surface area contributed by atoms with E-state index in [0.717, 1.165) is 5.92 Å².